The molecule has 0 aliphatic carbocycles. The zero-order valence-electron chi connectivity index (χ0n) is 15.4. The number of urea groups is 1. The second-order valence-corrected chi connectivity index (χ2v) is 6.79. The molecule has 1 aliphatic rings. The van der Waals surface area contributed by atoms with Gasteiger partial charge in [-0.3, -0.25) is 4.79 Å². The van der Waals surface area contributed by atoms with Crippen molar-refractivity contribution in [3.8, 4) is 0 Å². The van der Waals surface area contributed by atoms with Gasteiger partial charge in [0.2, 0.25) is 0 Å². The molecule has 0 spiro atoms. The molecule has 2 N–H and O–H groups in total. The lowest BCUT2D eigenvalue weighted by molar-refractivity contribution is 0.0849. The van der Waals surface area contributed by atoms with Gasteiger partial charge >= 0.3 is 6.03 Å². The third-order valence-corrected chi connectivity index (χ3v) is 4.19. The maximum atomic E-state index is 12.4. The molecule has 1 saturated heterocycles. The lowest BCUT2D eigenvalue weighted by Crippen LogP contribution is -2.39. The summed E-state index contributed by atoms with van der Waals surface area (Å²) in [6, 6.07) is 6.81. The van der Waals surface area contributed by atoms with E-state index in [4.69, 9.17) is 4.74 Å². The summed E-state index contributed by atoms with van der Waals surface area (Å²) in [7, 11) is 0. The predicted octanol–water partition coefficient (Wildman–Crippen LogP) is 3.11. The SMILES string of the molecule is CCN(CC1CCCO1)C(=O)Nc1ccc(C(=O)NCC(C)C)cc1. The van der Waals surface area contributed by atoms with Crippen LogP contribution in [0, 0.1) is 5.92 Å². The van der Waals surface area contributed by atoms with Crippen LogP contribution in [0.4, 0.5) is 10.5 Å². The molecule has 138 valence electrons. The summed E-state index contributed by atoms with van der Waals surface area (Å²) in [5.41, 5.74) is 1.27. The first-order valence-corrected chi connectivity index (χ1v) is 9.05. The van der Waals surface area contributed by atoms with Crippen molar-refractivity contribution in [1.82, 2.24) is 10.2 Å². The van der Waals surface area contributed by atoms with Gasteiger partial charge in [0.1, 0.15) is 0 Å². The van der Waals surface area contributed by atoms with Crippen LogP contribution in [0.5, 0.6) is 0 Å². The second kappa shape index (κ2) is 9.42. The summed E-state index contributed by atoms with van der Waals surface area (Å²) in [6.07, 6.45) is 2.20. The zero-order chi connectivity index (χ0) is 18.2. The Balaban J connectivity index is 1.88. The molecule has 1 atom stereocenters. The molecular weight excluding hydrogens is 318 g/mol. The van der Waals surface area contributed by atoms with E-state index < -0.39 is 0 Å². The number of amides is 3. The number of nitrogens with one attached hydrogen (secondary N) is 2. The van der Waals surface area contributed by atoms with Crippen LogP contribution < -0.4 is 10.6 Å². The van der Waals surface area contributed by atoms with E-state index in [-0.39, 0.29) is 18.0 Å². The Kier molecular flexibility index (Phi) is 7.25. The molecule has 1 fully saturated rings. The average Bonchev–Trinajstić information content (AvgIpc) is 3.11. The van der Waals surface area contributed by atoms with Crippen molar-refractivity contribution in [1.29, 1.82) is 0 Å². The van der Waals surface area contributed by atoms with Crippen molar-refractivity contribution >= 4 is 17.6 Å². The Bertz CT molecular complexity index is 566. The van der Waals surface area contributed by atoms with Gasteiger partial charge in [0.25, 0.3) is 5.91 Å². The number of likely N-dealkylation sites (N-methyl/N-ethyl adjacent to an activating group) is 1. The van der Waals surface area contributed by atoms with E-state index in [0.29, 0.717) is 36.8 Å². The molecule has 0 radical (unpaired) electrons. The highest BCUT2D eigenvalue weighted by molar-refractivity contribution is 5.95. The molecule has 25 heavy (non-hydrogen) atoms. The number of rotatable bonds is 7. The minimum atomic E-state index is -0.144. The largest absolute Gasteiger partial charge is 0.376 e. The molecule has 1 unspecified atom stereocenters. The highest BCUT2D eigenvalue weighted by Gasteiger charge is 2.21. The quantitative estimate of drug-likeness (QED) is 0.796. The van der Waals surface area contributed by atoms with Crippen molar-refractivity contribution in [3.05, 3.63) is 29.8 Å². The summed E-state index contributed by atoms with van der Waals surface area (Å²) in [5.74, 6) is 0.312. The maximum absolute atomic E-state index is 12.4. The number of nitrogens with zero attached hydrogens (tertiary/aromatic N) is 1. The van der Waals surface area contributed by atoms with Gasteiger partial charge in [0.15, 0.2) is 0 Å². The van der Waals surface area contributed by atoms with Crippen molar-refractivity contribution in [2.45, 2.75) is 39.7 Å². The molecule has 0 bridgehead atoms. The van der Waals surface area contributed by atoms with Crippen LogP contribution in [-0.2, 0) is 4.74 Å². The minimum absolute atomic E-state index is 0.0971. The Morgan fingerprint density at radius 2 is 2.00 bits per heavy atom. The first-order chi connectivity index (χ1) is 12.0. The molecule has 6 nitrogen and oxygen atoms in total. The van der Waals surface area contributed by atoms with Crippen LogP contribution in [0.2, 0.25) is 0 Å². The number of hydrogen-bond acceptors (Lipinski definition) is 3. The van der Waals surface area contributed by atoms with Crippen molar-refractivity contribution in [2.75, 3.05) is 31.6 Å². The first-order valence-electron chi connectivity index (χ1n) is 9.05. The monoisotopic (exact) mass is 347 g/mol. The molecular formula is C19H29N3O3. The average molecular weight is 347 g/mol. The van der Waals surface area contributed by atoms with E-state index >= 15 is 0 Å². The van der Waals surface area contributed by atoms with Gasteiger partial charge in [-0.15, -0.1) is 0 Å². The van der Waals surface area contributed by atoms with Gasteiger partial charge in [-0.05, 0) is 49.9 Å². The van der Waals surface area contributed by atoms with Crippen LogP contribution >= 0.6 is 0 Å². The number of carbonyl (C=O) groups is 2. The molecule has 0 saturated carbocycles. The third kappa shape index (κ3) is 6.05. The van der Waals surface area contributed by atoms with Crippen LogP contribution in [0.15, 0.2) is 24.3 Å². The van der Waals surface area contributed by atoms with E-state index in [0.717, 1.165) is 19.4 Å². The molecule has 1 aromatic rings. The summed E-state index contributed by atoms with van der Waals surface area (Å²) in [5, 5.41) is 5.76. The number of anilines is 1. The lowest BCUT2D eigenvalue weighted by atomic mass is 10.1. The molecule has 1 aromatic carbocycles. The van der Waals surface area contributed by atoms with Crippen LogP contribution in [0.25, 0.3) is 0 Å². The lowest BCUT2D eigenvalue weighted by Gasteiger charge is -2.24. The molecule has 3 amide bonds. The standard InChI is InChI=1S/C19H29N3O3/c1-4-22(13-17-6-5-11-25-17)19(24)21-16-9-7-15(8-10-16)18(23)20-12-14(2)3/h7-10,14,17H,4-6,11-13H2,1-3H3,(H,20,23)(H,21,24). The number of ether oxygens (including phenoxy) is 1. The minimum Gasteiger partial charge on any atom is -0.376 e. The highest BCUT2D eigenvalue weighted by Crippen LogP contribution is 2.15. The fraction of sp³-hybridized carbons (Fsp3) is 0.579. The van der Waals surface area contributed by atoms with Gasteiger partial charge < -0.3 is 20.3 Å². The van der Waals surface area contributed by atoms with Gasteiger partial charge in [-0.2, -0.15) is 0 Å². The predicted molar refractivity (Wildman–Crippen MR) is 98.9 cm³/mol. The van der Waals surface area contributed by atoms with E-state index in [2.05, 4.69) is 24.5 Å². The van der Waals surface area contributed by atoms with Gasteiger partial charge in [0, 0.05) is 37.5 Å². The summed E-state index contributed by atoms with van der Waals surface area (Å²) >= 11 is 0. The first kappa shape index (κ1) is 19.2. The van der Waals surface area contributed by atoms with E-state index in [9.17, 15) is 9.59 Å². The summed E-state index contributed by atoms with van der Waals surface area (Å²) in [6.45, 7) is 8.72. The molecule has 2 rings (SSSR count). The van der Waals surface area contributed by atoms with Crippen LogP contribution in [0.1, 0.15) is 44.0 Å². The molecule has 1 heterocycles. The van der Waals surface area contributed by atoms with Crippen LogP contribution in [0.3, 0.4) is 0 Å². The summed E-state index contributed by atoms with van der Waals surface area (Å²) in [4.78, 5) is 26.2. The Morgan fingerprint density at radius 1 is 1.28 bits per heavy atom. The van der Waals surface area contributed by atoms with E-state index in [1.54, 1.807) is 29.2 Å². The molecule has 1 aliphatic heterocycles. The maximum Gasteiger partial charge on any atom is 0.321 e. The third-order valence-electron chi connectivity index (χ3n) is 4.19. The number of hydrogen-bond donors (Lipinski definition) is 2. The normalized spacial score (nSPS) is 16.7. The molecule has 6 heteroatoms. The van der Waals surface area contributed by atoms with Crippen molar-refractivity contribution in [2.24, 2.45) is 5.92 Å². The Labute approximate surface area is 149 Å². The fourth-order valence-corrected chi connectivity index (χ4v) is 2.70. The number of benzene rings is 1. The van der Waals surface area contributed by atoms with Crippen molar-refractivity contribution < 1.29 is 14.3 Å². The molecule has 0 aromatic heterocycles. The van der Waals surface area contributed by atoms with Gasteiger partial charge in [-0.25, -0.2) is 4.79 Å². The topological polar surface area (TPSA) is 70.7 Å². The Morgan fingerprint density at radius 3 is 2.56 bits per heavy atom. The fourth-order valence-electron chi connectivity index (χ4n) is 2.70. The second-order valence-electron chi connectivity index (χ2n) is 6.79. The van der Waals surface area contributed by atoms with Crippen molar-refractivity contribution in [3.63, 3.8) is 0 Å². The highest BCUT2D eigenvalue weighted by atomic mass is 16.5. The zero-order valence-corrected chi connectivity index (χ0v) is 15.4. The summed E-state index contributed by atoms with van der Waals surface area (Å²) < 4.78 is 5.60. The Hall–Kier alpha value is -2.08. The van der Waals surface area contributed by atoms with Gasteiger partial charge in [-0.1, -0.05) is 13.8 Å². The van der Waals surface area contributed by atoms with E-state index in [1.807, 2.05) is 6.92 Å². The smallest absolute Gasteiger partial charge is 0.321 e. The van der Waals surface area contributed by atoms with E-state index in [1.165, 1.54) is 0 Å². The number of carbonyl (C=O) groups excluding carboxylic acids is 2. The van der Waals surface area contributed by atoms with Gasteiger partial charge in [0.05, 0.1) is 6.10 Å². The van der Waals surface area contributed by atoms with Crippen LogP contribution in [-0.4, -0.2) is 49.2 Å².